The fraction of sp³-hybridized carbons (Fsp3) is 0.650. The standard InChI is InChI=1S/C20H30N2O2/c1-21(15-20(23)24)19-7-4-11-22(12-10-19)14-16-8-9-17-5-2-3-6-18(17)13-16/h8-9,13,19H,2-7,10-12,14-15H2,1H3,(H,23,24). The quantitative estimate of drug-likeness (QED) is 0.901. The van der Waals surface area contributed by atoms with Crippen LogP contribution in [0.15, 0.2) is 18.2 Å². The van der Waals surface area contributed by atoms with Gasteiger partial charge in [0.15, 0.2) is 0 Å². The number of aliphatic carboxylic acids is 1. The van der Waals surface area contributed by atoms with Gasteiger partial charge >= 0.3 is 5.97 Å². The number of hydrogen-bond acceptors (Lipinski definition) is 3. The second-order valence-electron chi connectivity index (χ2n) is 7.48. The number of benzene rings is 1. The number of nitrogens with zero attached hydrogens (tertiary/aromatic N) is 2. The van der Waals surface area contributed by atoms with Crippen LogP contribution in [0, 0.1) is 0 Å². The third-order valence-corrected chi connectivity index (χ3v) is 5.62. The Balaban J connectivity index is 1.56. The van der Waals surface area contributed by atoms with Gasteiger partial charge < -0.3 is 5.11 Å². The summed E-state index contributed by atoms with van der Waals surface area (Å²) in [6, 6.07) is 7.47. The molecular weight excluding hydrogens is 300 g/mol. The van der Waals surface area contributed by atoms with Gasteiger partial charge in [0.1, 0.15) is 0 Å². The van der Waals surface area contributed by atoms with Crippen LogP contribution < -0.4 is 0 Å². The van der Waals surface area contributed by atoms with Gasteiger partial charge in [-0.2, -0.15) is 0 Å². The molecule has 24 heavy (non-hydrogen) atoms. The van der Waals surface area contributed by atoms with E-state index in [2.05, 4.69) is 23.1 Å². The fourth-order valence-corrected chi connectivity index (χ4v) is 4.22. The summed E-state index contributed by atoms with van der Waals surface area (Å²) >= 11 is 0. The minimum atomic E-state index is -0.729. The van der Waals surface area contributed by atoms with Crippen LogP contribution in [0.5, 0.6) is 0 Å². The number of likely N-dealkylation sites (N-methyl/N-ethyl adjacent to an activating group) is 1. The van der Waals surface area contributed by atoms with Crippen LogP contribution in [0.4, 0.5) is 0 Å². The second kappa shape index (κ2) is 8.13. The molecule has 2 aliphatic rings. The Morgan fingerprint density at radius 3 is 2.75 bits per heavy atom. The summed E-state index contributed by atoms with van der Waals surface area (Å²) in [6.07, 6.45) is 8.47. The zero-order valence-corrected chi connectivity index (χ0v) is 14.8. The highest BCUT2D eigenvalue weighted by atomic mass is 16.4. The van der Waals surface area contributed by atoms with Gasteiger partial charge in [-0.05, 0) is 81.8 Å². The van der Waals surface area contributed by atoms with E-state index >= 15 is 0 Å². The number of hydrogen-bond donors (Lipinski definition) is 1. The van der Waals surface area contributed by atoms with Gasteiger partial charge in [-0.25, -0.2) is 0 Å². The van der Waals surface area contributed by atoms with Crippen LogP contribution in [0.25, 0.3) is 0 Å². The Kier molecular flexibility index (Phi) is 5.90. The Morgan fingerprint density at radius 1 is 1.17 bits per heavy atom. The average molecular weight is 330 g/mol. The van der Waals surface area contributed by atoms with E-state index in [1.54, 1.807) is 11.1 Å². The smallest absolute Gasteiger partial charge is 0.317 e. The number of fused-ring (bicyclic) bond motifs is 1. The lowest BCUT2D eigenvalue weighted by Crippen LogP contribution is -2.36. The van der Waals surface area contributed by atoms with Crippen LogP contribution in [-0.4, -0.2) is 53.6 Å². The topological polar surface area (TPSA) is 43.8 Å². The van der Waals surface area contributed by atoms with E-state index in [9.17, 15) is 4.79 Å². The van der Waals surface area contributed by atoms with Crippen molar-refractivity contribution < 1.29 is 9.90 Å². The van der Waals surface area contributed by atoms with E-state index in [-0.39, 0.29) is 6.54 Å². The molecule has 1 aromatic carbocycles. The van der Waals surface area contributed by atoms with Crippen LogP contribution >= 0.6 is 0 Å². The second-order valence-corrected chi connectivity index (χ2v) is 7.48. The van der Waals surface area contributed by atoms with Gasteiger partial charge in [0.2, 0.25) is 0 Å². The first-order valence-electron chi connectivity index (χ1n) is 9.37. The van der Waals surface area contributed by atoms with Gasteiger partial charge in [0.25, 0.3) is 0 Å². The lowest BCUT2D eigenvalue weighted by molar-refractivity contribution is -0.138. The van der Waals surface area contributed by atoms with Crippen molar-refractivity contribution in [2.45, 2.75) is 57.5 Å². The zero-order valence-electron chi connectivity index (χ0n) is 14.8. The normalized spacial score (nSPS) is 22.2. The Morgan fingerprint density at radius 2 is 1.96 bits per heavy atom. The van der Waals surface area contributed by atoms with Gasteiger partial charge in [-0.3, -0.25) is 14.6 Å². The van der Waals surface area contributed by atoms with Crippen molar-refractivity contribution >= 4 is 5.97 Å². The molecule has 1 atom stereocenters. The number of carbonyl (C=O) groups is 1. The molecule has 1 unspecified atom stereocenters. The minimum absolute atomic E-state index is 0.148. The summed E-state index contributed by atoms with van der Waals surface area (Å²) in [5, 5.41) is 8.98. The first-order chi connectivity index (χ1) is 11.6. The highest BCUT2D eigenvalue weighted by Crippen LogP contribution is 2.24. The van der Waals surface area contributed by atoms with Gasteiger partial charge in [0.05, 0.1) is 6.54 Å². The maximum atomic E-state index is 10.9. The monoisotopic (exact) mass is 330 g/mol. The summed E-state index contributed by atoms with van der Waals surface area (Å²) in [4.78, 5) is 15.5. The molecule has 0 bridgehead atoms. The molecule has 0 aromatic heterocycles. The summed E-state index contributed by atoms with van der Waals surface area (Å²) in [5.74, 6) is -0.729. The Labute approximate surface area is 145 Å². The predicted octanol–water partition coefficient (Wildman–Crippen LogP) is 2.94. The van der Waals surface area contributed by atoms with E-state index < -0.39 is 5.97 Å². The van der Waals surface area contributed by atoms with E-state index in [0.717, 1.165) is 38.9 Å². The van der Waals surface area contributed by atoms with Crippen molar-refractivity contribution in [3.63, 3.8) is 0 Å². The molecule has 0 radical (unpaired) electrons. The van der Waals surface area contributed by atoms with Crippen LogP contribution in [0.1, 0.15) is 48.8 Å². The lowest BCUT2D eigenvalue weighted by Gasteiger charge is -2.26. The number of carboxylic acid groups (broad SMARTS) is 1. The summed E-state index contributed by atoms with van der Waals surface area (Å²) < 4.78 is 0. The maximum absolute atomic E-state index is 10.9. The largest absolute Gasteiger partial charge is 0.480 e. The van der Waals surface area contributed by atoms with Crippen molar-refractivity contribution in [2.75, 3.05) is 26.7 Å². The van der Waals surface area contributed by atoms with E-state index in [0.29, 0.717) is 6.04 Å². The van der Waals surface area contributed by atoms with Crippen molar-refractivity contribution in [3.8, 4) is 0 Å². The fourth-order valence-electron chi connectivity index (χ4n) is 4.22. The Bertz CT molecular complexity index is 573. The highest BCUT2D eigenvalue weighted by Gasteiger charge is 2.22. The molecule has 1 N–H and O–H groups in total. The Hall–Kier alpha value is -1.39. The van der Waals surface area contributed by atoms with E-state index in [1.165, 1.54) is 31.2 Å². The highest BCUT2D eigenvalue weighted by molar-refractivity contribution is 5.69. The first-order valence-corrected chi connectivity index (χ1v) is 9.37. The lowest BCUT2D eigenvalue weighted by atomic mass is 9.90. The summed E-state index contributed by atoms with van der Waals surface area (Å²) in [5.41, 5.74) is 4.55. The third kappa shape index (κ3) is 4.58. The first kappa shape index (κ1) is 17.4. The molecule has 1 heterocycles. The SMILES string of the molecule is CN(CC(=O)O)C1CCCN(Cc2ccc3c(c2)CCCC3)CC1. The summed E-state index contributed by atoms with van der Waals surface area (Å²) in [6.45, 7) is 3.36. The van der Waals surface area contributed by atoms with E-state index in [4.69, 9.17) is 5.11 Å². The van der Waals surface area contributed by atoms with Crippen LogP contribution in [0.3, 0.4) is 0 Å². The molecule has 3 rings (SSSR count). The van der Waals surface area contributed by atoms with Gasteiger partial charge in [-0.1, -0.05) is 18.2 Å². The molecule has 4 heteroatoms. The molecule has 1 aliphatic carbocycles. The summed E-state index contributed by atoms with van der Waals surface area (Å²) in [7, 11) is 1.94. The molecule has 4 nitrogen and oxygen atoms in total. The van der Waals surface area contributed by atoms with Crippen molar-refractivity contribution in [2.24, 2.45) is 0 Å². The maximum Gasteiger partial charge on any atom is 0.317 e. The number of rotatable bonds is 5. The zero-order chi connectivity index (χ0) is 16.9. The number of aryl methyl sites for hydroxylation is 2. The van der Waals surface area contributed by atoms with Crippen molar-refractivity contribution in [1.82, 2.24) is 9.80 Å². The molecule has 1 aliphatic heterocycles. The molecule has 1 fully saturated rings. The van der Waals surface area contributed by atoms with Crippen molar-refractivity contribution in [1.29, 1.82) is 0 Å². The molecule has 1 aromatic rings. The van der Waals surface area contributed by atoms with Gasteiger partial charge in [-0.15, -0.1) is 0 Å². The number of carboxylic acids is 1. The van der Waals surface area contributed by atoms with Gasteiger partial charge in [0, 0.05) is 12.6 Å². The molecule has 0 amide bonds. The van der Waals surface area contributed by atoms with Crippen LogP contribution in [0.2, 0.25) is 0 Å². The van der Waals surface area contributed by atoms with Crippen LogP contribution in [-0.2, 0) is 24.2 Å². The van der Waals surface area contributed by atoms with E-state index in [1.807, 2.05) is 11.9 Å². The number of likely N-dealkylation sites (tertiary alicyclic amines) is 1. The third-order valence-electron chi connectivity index (χ3n) is 5.62. The molecular formula is C20H30N2O2. The molecule has 0 saturated carbocycles. The predicted molar refractivity (Wildman–Crippen MR) is 96.3 cm³/mol. The average Bonchev–Trinajstić information content (AvgIpc) is 2.80. The molecule has 132 valence electrons. The minimum Gasteiger partial charge on any atom is -0.480 e. The molecule has 1 saturated heterocycles. The molecule has 0 spiro atoms. The van der Waals surface area contributed by atoms with Crippen molar-refractivity contribution in [3.05, 3.63) is 34.9 Å².